The van der Waals surface area contributed by atoms with Crippen LogP contribution < -0.4 is 27.3 Å². The molecular weight excluding hydrogens is 671 g/mol. The molecule has 0 aliphatic rings. The molecule has 0 atom stereocenters. The zero-order valence-corrected chi connectivity index (χ0v) is 32.5. The topological polar surface area (TPSA) is 13.1 Å². The molecule has 258 valence electrons. The zero-order chi connectivity index (χ0) is 38.1. The first-order chi connectivity index (χ1) is 27.4. The standard InChI is InChI=1S/C50H37B5O/c51-45-44(46(52)48(54)49(55)47(45)53)37-20-10-19-36-43-33(18-11-21-40(43)56-50(36)37)32-23-25-35-39(27-32)42(30-16-8-3-9-17-30)34-24-22-31(28-12-4-1-5-13-28)26-38(34)41(35)29-14-6-2-7-15-29/h1-27H,51-55H2. The Morgan fingerprint density at radius 1 is 0.304 bits per heavy atom. The number of para-hydroxylation sites is 1. The maximum absolute atomic E-state index is 6.88. The number of hydrogen-bond donors (Lipinski definition) is 0. The molecule has 6 heteroatoms. The largest absolute Gasteiger partial charge is 0.455 e. The Morgan fingerprint density at radius 2 is 0.786 bits per heavy atom. The van der Waals surface area contributed by atoms with Gasteiger partial charge in [-0.15, -0.1) is 16.4 Å². The zero-order valence-electron chi connectivity index (χ0n) is 32.5. The van der Waals surface area contributed by atoms with Crippen molar-refractivity contribution in [1.29, 1.82) is 0 Å². The normalized spacial score (nSPS) is 11.6. The number of fused-ring (bicyclic) bond motifs is 5. The van der Waals surface area contributed by atoms with Crippen molar-refractivity contribution < 1.29 is 4.42 Å². The number of rotatable bonds is 5. The lowest BCUT2D eigenvalue weighted by atomic mass is 9.59. The molecule has 0 unspecified atom stereocenters. The van der Waals surface area contributed by atoms with E-state index in [0.29, 0.717) is 0 Å². The minimum Gasteiger partial charge on any atom is -0.455 e. The highest BCUT2D eigenvalue weighted by molar-refractivity contribution is 6.68. The van der Waals surface area contributed by atoms with E-state index in [0.717, 1.165) is 27.5 Å². The van der Waals surface area contributed by atoms with Gasteiger partial charge < -0.3 is 4.42 Å². The van der Waals surface area contributed by atoms with Crippen LogP contribution in [0.5, 0.6) is 0 Å². The van der Waals surface area contributed by atoms with Crippen molar-refractivity contribution in [2.75, 3.05) is 0 Å². The predicted octanol–water partition coefficient (Wildman–Crippen LogP) is 5.52. The molecule has 0 aliphatic carbocycles. The predicted molar refractivity (Wildman–Crippen MR) is 257 cm³/mol. The van der Waals surface area contributed by atoms with Gasteiger partial charge in [0.05, 0.1) is 0 Å². The SMILES string of the molecule is Bc1c(B)c(B)c(-c2cccc3c2oc2cccc(-c4ccc5c(-c6ccccc6)c6cc(-c7ccccc7)ccc6c(-c6ccccc6)c5c4)c23)c(B)c1B. The summed E-state index contributed by atoms with van der Waals surface area (Å²) in [5, 5.41) is 7.25. The van der Waals surface area contributed by atoms with Crippen LogP contribution in [0.2, 0.25) is 0 Å². The van der Waals surface area contributed by atoms with Crippen molar-refractivity contribution in [2.45, 2.75) is 0 Å². The summed E-state index contributed by atoms with van der Waals surface area (Å²) >= 11 is 0. The molecule has 1 heterocycles. The Balaban J connectivity index is 1.27. The lowest BCUT2D eigenvalue weighted by Crippen LogP contribution is -2.55. The fourth-order valence-corrected chi connectivity index (χ4v) is 9.23. The van der Waals surface area contributed by atoms with E-state index < -0.39 is 0 Å². The molecule has 1 aromatic heterocycles. The summed E-state index contributed by atoms with van der Waals surface area (Å²) in [4.78, 5) is 0. The van der Waals surface area contributed by atoms with Crippen molar-refractivity contribution >= 4 is 110 Å². The van der Waals surface area contributed by atoms with E-state index in [1.807, 2.05) is 0 Å². The molecule has 10 rings (SSSR count). The highest BCUT2D eigenvalue weighted by Crippen LogP contribution is 2.47. The summed E-state index contributed by atoms with van der Waals surface area (Å²) in [6, 6.07) is 59.8. The Bertz CT molecular complexity index is 3140. The van der Waals surface area contributed by atoms with Crippen LogP contribution in [0.25, 0.3) is 99.1 Å². The molecule has 0 saturated heterocycles. The second-order valence-electron chi connectivity index (χ2n) is 15.3. The van der Waals surface area contributed by atoms with Crippen LogP contribution >= 0.6 is 0 Å². The van der Waals surface area contributed by atoms with E-state index in [1.54, 1.807) is 0 Å². The van der Waals surface area contributed by atoms with Crippen LogP contribution in [0.3, 0.4) is 0 Å². The van der Waals surface area contributed by atoms with Gasteiger partial charge in [0.2, 0.25) is 0 Å². The number of benzene rings is 9. The molecule has 0 fully saturated rings. The van der Waals surface area contributed by atoms with Crippen LogP contribution in [-0.4, -0.2) is 39.2 Å². The average molecular weight is 708 g/mol. The highest BCUT2D eigenvalue weighted by Gasteiger charge is 2.22. The van der Waals surface area contributed by atoms with E-state index in [2.05, 4.69) is 203 Å². The molecule has 9 aromatic carbocycles. The Kier molecular flexibility index (Phi) is 8.19. The second-order valence-corrected chi connectivity index (χ2v) is 15.3. The molecule has 0 saturated carbocycles. The number of hydrogen-bond acceptors (Lipinski definition) is 1. The van der Waals surface area contributed by atoms with E-state index in [-0.39, 0.29) is 0 Å². The molecular formula is C50H37B5O. The molecule has 56 heavy (non-hydrogen) atoms. The molecule has 0 bridgehead atoms. The smallest absolute Gasteiger partial charge is 0.143 e. The Morgan fingerprint density at radius 3 is 1.38 bits per heavy atom. The molecule has 0 radical (unpaired) electrons. The van der Waals surface area contributed by atoms with Crippen molar-refractivity contribution in [3.05, 3.63) is 164 Å². The van der Waals surface area contributed by atoms with Gasteiger partial charge in [-0.2, -0.15) is 0 Å². The molecule has 0 N–H and O–H groups in total. The molecule has 1 nitrogen and oxygen atoms in total. The van der Waals surface area contributed by atoms with E-state index in [1.165, 1.54) is 98.9 Å². The van der Waals surface area contributed by atoms with E-state index in [4.69, 9.17) is 4.42 Å². The van der Waals surface area contributed by atoms with Gasteiger partial charge in [-0.25, -0.2) is 0 Å². The van der Waals surface area contributed by atoms with Gasteiger partial charge >= 0.3 is 0 Å². The van der Waals surface area contributed by atoms with Crippen LogP contribution in [0.4, 0.5) is 0 Å². The van der Waals surface area contributed by atoms with Gasteiger partial charge in [0.1, 0.15) is 50.4 Å². The fraction of sp³-hybridized carbons (Fsp3) is 0. The molecule has 0 spiro atoms. The minimum atomic E-state index is 0.904. The lowest BCUT2D eigenvalue weighted by Gasteiger charge is -2.20. The third kappa shape index (κ3) is 5.31. The van der Waals surface area contributed by atoms with Crippen molar-refractivity contribution in [3.63, 3.8) is 0 Å². The summed E-state index contributed by atoms with van der Waals surface area (Å²) in [5.74, 6) is 0. The maximum Gasteiger partial charge on any atom is 0.143 e. The van der Waals surface area contributed by atoms with Gasteiger partial charge in [-0.3, -0.25) is 0 Å². The fourth-order valence-electron chi connectivity index (χ4n) is 9.23. The minimum absolute atomic E-state index is 0.904. The Hall–Kier alpha value is -6.38. The molecule has 0 amide bonds. The third-order valence-electron chi connectivity index (χ3n) is 12.5. The average Bonchev–Trinajstić information content (AvgIpc) is 3.64. The summed E-state index contributed by atoms with van der Waals surface area (Å²) in [6.07, 6.45) is 0. The summed E-state index contributed by atoms with van der Waals surface area (Å²) in [5.41, 5.74) is 20.7. The first-order valence-corrected chi connectivity index (χ1v) is 19.6. The molecule has 0 aliphatic heterocycles. The van der Waals surface area contributed by atoms with Gasteiger partial charge in [0.25, 0.3) is 0 Å². The van der Waals surface area contributed by atoms with Gasteiger partial charge in [0, 0.05) is 16.3 Å². The summed E-state index contributed by atoms with van der Waals surface area (Å²) in [6.45, 7) is 0. The quantitative estimate of drug-likeness (QED) is 0.170. The van der Waals surface area contributed by atoms with Crippen molar-refractivity contribution in [1.82, 2.24) is 0 Å². The van der Waals surface area contributed by atoms with Crippen molar-refractivity contribution in [3.8, 4) is 55.6 Å². The summed E-state index contributed by atoms with van der Waals surface area (Å²) < 4.78 is 6.88. The van der Waals surface area contributed by atoms with Crippen LogP contribution in [-0.2, 0) is 0 Å². The van der Waals surface area contributed by atoms with Crippen molar-refractivity contribution in [2.24, 2.45) is 0 Å². The highest BCUT2D eigenvalue weighted by atomic mass is 16.3. The lowest BCUT2D eigenvalue weighted by molar-refractivity contribution is 0.670. The first-order valence-electron chi connectivity index (χ1n) is 19.6. The van der Waals surface area contributed by atoms with Gasteiger partial charge in [0.15, 0.2) is 0 Å². The second kappa shape index (κ2) is 13.4. The van der Waals surface area contributed by atoms with Gasteiger partial charge in [-0.1, -0.05) is 157 Å². The van der Waals surface area contributed by atoms with Crippen LogP contribution in [0.1, 0.15) is 0 Å². The van der Waals surface area contributed by atoms with Crippen LogP contribution in [0.15, 0.2) is 168 Å². The van der Waals surface area contributed by atoms with Gasteiger partial charge in [-0.05, 0) is 89.8 Å². The first kappa shape index (κ1) is 34.1. The third-order valence-corrected chi connectivity index (χ3v) is 12.5. The van der Waals surface area contributed by atoms with E-state index >= 15 is 0 Å². The maximum atomic E-state index is 6.88. The monoisotopic (exact) mass is 708 g/mol. The number of furan rings is 1. The summed E-state index contributed by atoms with van der Waals surface area (Å²) in [7, 11) is 11.2. The van der Waals surface area contributed by atoms with Crippen LogP contribution in [0, 0.1) is 0 Å². The molecule has 10 aromatic rings. The van der Waals surface area contributed by atoms with E-state index in [9.17, 15) is 0 Å². The Labute approximate surface area is 332 Å².